The van der Waals surface area contributed by atoms with Gasteiger partial charge in [0.05, 0.1) is 17.0 Å². The van der Waals surface area contributed by atoms with Crippen molar-refractivity contribution in [3.05, 3.63) is 39.0 Å². The van der Waals surface area contributed by atoms with E-state index < -0.39 is 4.92 Å². The molecule has 17 heavy (non-hydrogen) atoms. The van der Waals surface area contributed by atoms with Crippen molar-refractivity contribution in [1.29, 1.82) is 0 Å². The molecule has 0 spiro atoms. The lowest BCUT2D eigenvalue weighted by Gasteiger charge is -2.07. The number of hydrogen-bond donors (Lipinski definition) is 0. The number of aromatic nitrogens is 1. The maximum atomic E-state index is 10.7. The number of nitro groups is 1. The highest BCUT2D eigenvalue weighted by Gasteiger charge is 2.11. The monoisotopic (exact) mass is 296 g/mol. The minimum atomic E-state index is -0.433. The molecule has 2 aromatic rings. The summed E-state index contributed by atoms with van der Waals surface area (Å²) >= 11 is 3.28. The SMILES string of the molecule is CCOc1cc(Br)nc2ccc([N+](=O)[O-])cc12. The van der Waals surface area contributed by atoms with Gasteiger partial charge in [0.25, 0.3) is 5.69 Å². The van der Waals surface area contributed by atoms with Crippen LogP contribution in [-0.4, -0.2) is 16.5 Å². The van der Waals surface area contributed by atoms with Gasteiger partial charge in [-0.3, -0.25) is 10.1 Å². The fourth-order valence-electron chi connectivity index (χ4n) is 1.54. The zero-order chi connectivity index (χ0) is 12.4. The third-order valence-electron chi connectivity index (χ3n) is 2.23. The average molecular weight is 297 g/mol. The quantitative estimate of drug-likeness (QED) is 0.495. The highest BCUT2D eigenvalue weighted by Crippen LogP contribution is 2.30. The summed E-state index contributed by atoms with van der Waals surface area (Å²) in [6.07, 6.45) is 0. The molecule has 0 radical (unpaired) electrons. The Bertz CT molecular complexity index is 586. The molecule has 0 saturated heterocycles. The molecule has 0 saturated carbocycles. The number of nitrogens with zero attached hydrogens (tertiary/aromatic N) is 2. The van der Waals surface area contributed by atoms with E-state index in [1.54, 1.807) is 12.1 Å². The van der Waals surface area contributed by atoms with E-state index in [0.717, 1.165) is 0 Å². The minimum absolute atomic E-state index is 0.0302. The summed E-state index contributed by atoms with van der Waals surface area (Å²) in [7, 11) is 0. The van der Waals surface area contributed by atoms with Gasteiger partial charge in [0.2, 0.25) is 0 Å². The first-order chi connectivity index (χ1) is 8.11. The normalized spacial score (nSPS) is 10.5. The second-order valence-corrected chi connectivity index (χ2v) is 4.15. The molecular weight excluding hydrogens is 288 g/mol. The Morgan fingerprint density at radius 1 is 1.47 bits per heavy atom. The zero-order valence-corrected chi connectivity index (χ0v) is 10.6. The van der Waals surface area contributed by atoms with Crippen molar-refractivity contribution >= 4 is 32.5 Å². The van der Waals surface area contributed by atoms with Gasteiger partial charge < -0.3 is 4.74 Å². The summed E-state index contributed by atoms with van der Waals surface area (Å²) in [6, 6.07) is 6.22. The van der Waals surface area contributed by atoms with Gasteiger partial charge in [0, 0.05) is 23.6 Å². The van der Waals surface area contributed by atoms with Crippen LogP contribution < -0.4 is 4.74 Å². The fraction of sp³-hybridized carbons (Fsp3) is 0.182. The summed E-state index contributed by atoms with van der Waals surface area (Å²) in [5, 5.41) is 11.4. The van der Waals surface area contributed by atoms with E-state index in [2.05, 4.69) is 20.9 Å². The van der Waals surface area contributed by atoms with Gasteiger partial charge in [-0.25, -0.2) is 4.98 Å². The molecule has 0 aliphatic rings. The summed E-state index contributed by atoms with van der Waals surface area (Å²) in [5.74, 6) is 0.591. The molecule has 0 bridgehead atoms. The lowest BCUT2D eigenvalue weighted by atomic mass is 10.2. The zero-order valence-electron chi connectivity index (χ0n) is 9.01. The number of halogens is 1. The lowest BCUT2D eigenvalue weighted by molar-refractivity contribution is -0.384. The summed E-state index contributed by atoms with van der Waals surface area (Å²) in [4.78, 5) is 14.5. The topological polar surface area (TPSA) is 65.3 Å². The van der Waals surface area contributed by atoms with Gasteiger partial charge in [-0.15, -0.1) is 0 Å². The van der Waals surface area contributed by atoms with Crippen molar-refractivity contribution in [3.63, 3.8) is 0 Å². The number of nitro benzene ring substituents is 1. The van der Waals surface area contributed by atoms with Crippen molar-refractivity contribution in [2.45, 2.75) is 6.92 Å². The van der Waals surface area contributed by atoms with E-state index in [0.29, 0.717) is 27.9 Å². The number of fused-ring (bicyclic) bond motifs is 1. The Hall–Kier alpha value is -1.69. The number of hydrogen-bond acceptors (Lipinski definition) is 4. The van der Waals surface area contributed by atoms with Crippen molar-refractivity contribution in [3.8, 4) is 5.75 Å². The smallest absolute Gasteiger partial charge is 0.270 e. The number of ether oxygens (including phenoxy) is 1. The van der Waals surface area contributed by atoms with Crippen LogP contribution in [0.25, 0.3) is 10.9 Å². The van der Waals surface area contributed by atoms with Crippen LogP contribution >= 0.6 is 15.9 Å². The molecule has 0 aliphatic heterocycles. The first-order valence-corrected chi connectivity index (χ1v) is 5.78. The first-order valence-electron chi connectivity index (χ1n) is 4.99. The van der Waals surface area contributed by atoms with Crippen LogP contribution in [0.4, 0.5) is 5.69 Å². The number of rotatable bonds is 3. The van der Waals surface area contributed by atoms with Crippen LogP contribution in [-0.2, 0) is 0 Å². The van der Waals surface area contributed by atoms with Gasteiger partial charge in [-0.05, 0) is 28.9 Å². The molecular formula is C11H9BrN2O3. The van der Waals surface area contributed by atoms with Gasteiger partial charge >= 0.3 is 0 Å². The third kappa shape index (κ3) is 2.36. The molecule has 0 amide bonds. The van der Waals surface area contributed by atoms with E-state index >= 15 is 0 Å². The van der Waals surface area contributed by atoms with Crippen molar-refractivity contribution in [1.82, 2.24) is 4.98 Å². The second kappa shape index (κ2) is 4.67. The molecule has 0 aliphatic carbocycles. The highest BCUT2D eigenvalue weighted by atomic mass is 79.9. The van der Waals surface area contributed by atoms with Gasteiger partial charge in [-0.2, -0.15) is 0 Å². The molecule has 0 atom stereocenters. The van der Waals surface area contributed by atoms with Crippen LogP contribution in [0.15, 0.2) is 28.9 Å². The molecule has 2 rings (SSSR count). The number of benzene rings is 1. The largest absolute Gasteiger partial charge is 0.493 e. The van der Waals surface area contributed by atoms with Crippen LogP contribution in [0.1, 0.15) is 6.92 Å². The lowest BCUT2D eigenvalue weighted by Crippen LogP contribution is -1.95. The Labute approximate surface area is 106 Å². The molecule has 0 fully saturated rings. The standard InChI is InChI=1S/C11H9BrN2O3/c1-2-17-10-6-11(12)13-9-4-3-7(14(15)16)5-8(9)10/h3-6H,2H2,1H3. The Balaban J connectivity index is 2.68. The van der Waals surface area contributed by atoms with Crippen molar-refractivity contribution < 1.29 is 9.66 Å². The minimum Gasteiger partial charge on any atom is -0.493 e. The first kappa shape index (κ1) is 11.8. The van der Waals surface area contributed by atoms with Gasteiger partial charge in [-0.1, -0.05) is 0 Å². The molecule has 0 N–H and O–H groups in total. The van der Waals surface area contributed by atoms with E-state index in [4.69, 9.17) is 4.74 Å². The van der Waals surface area contributed by atoms with Crippen LogP contribution in [0.2, 0.25) is 0 Å². The molecule has 1 heterocycles. The number of non-ortho nitro benzene ring substituents is 1. The van der Waals surface area contributed by atoms with E-state index in [1.165, 1.54) is 12.1 Å². The van der Waals surface area contributed by atoms with E-state index in [1.807, 2.05) is 6.92 Å². The molecule has 6 heteroatoms. The Morgan fingerprint density at radius 2 is 2.24 bits per heavy atom. The molecule has 0 unspecified atom stereocenters. The van der Waals surface area contributed by atoms with Crippen LogP contribution in [0, 0.1) is 10.1 Å². The molecule has 1 aromatic heterocycles. The number of pyridine rings is 1. The highest BCUT2D eigenvalue weighted by molar-refractivity contribution is 9.10. The van der Waals surface area contributed by atoms with E-state index in [-0.39, 0.29) is 5.69 Å². The van der Waals surface area contributed by atoms with Gasteiger partial charge in [0.15, 0.2) is 0 Å². The maximum Gasteiger partial charge on any atom is 0.270 e. The maximum absolute atomic E-state index is 10.7. The predicted molar refractivity (Wildman–Crippen MR) is 67.3 cm³/mol. The summed E-state index contributed by atoms with van der Waals surface area (Å²) in [5.41, 5.74) is 0.691. The summed E-state index contributed by atoms with van der Waals surface area (Å²) < 4.78 is 6.08. The molecule has 1 aromatic carbocycles. The predicted octanol–water partition coefficient (Wildman–Crippen LogP) is 3.30. The Kier molecular flexibility index (Phi) is 3.23. The van der Waals surface area contributed by atoms with E-state index in [9.17, 15) is 10.1 Å². The van der Waals surface area contributed by atoms with Crippen molar-refractivity contribution in [2.24, 2.45) is 0 Å². The third-order valence-corrected chi connectivity index (χ3v) is 2.64. The average Bonchev–Trinajstić information content (AvgIpc) is 2.28. The molecule has 5 nitrogen and oxygen atoms in total. The van der Waals surface area contributed by atoms with Crippen LogP contribution in [0.3, 0.4) is 0 Å². The summed E-state index contributed by atoms with van der Waals surface area (Å²) in [6.45, 7) is 2.35. The van der Waals surface area contributed by atoms with Gasteiger partial charge in [0.1, 0.15) is 10.4 Å². The van der Waals surface area contributed by atoms with Crippen molar-refractivity contribution in [2.75, 3.05) is 6.61 Å². The van der Waals surface area contributed by atoms with Crippen LogP contribution in [0.5, 0.6) is 5.75 Å². The fourth-order valence-corrected chi connectivity index (χ4v) is 1.94. The molecule has 88 valence electrons. The second-order valence-electron chi connectivity index (χ2n) is 3.33. The Morgan fingerprint density at radius 3 is 2.88 bits per heavy atom.